The number of anilines is 2. The van der Waals surface area contributed by atoms with Crippen molar-refractivity contribution >= 4 is 17.4 Å². The number of aromatic nitrogens is 3. The molecule has 1 unspecified atom stereocenters. The molecule has 2 fully saturated rings. The molecule has 0 saturated carbocycles. The fraction of sp³-hybridized carbons (Fsp3) is 0.375. The van der Waals surface area contributed by atoms with Crippen LogP contribution in [-0.2, 0) is 4.74 Å². The highest BCUT2D eigenvalue weighted by atomic mass is 19.3. The molecule has 5 rings (SSSR count). The van der Waals surface area contributed by atoms with Gasteiger partial charge in [0.1, 0.15) is 12.0 Å². The molecule has 2 saturated heterocycles. The van der Waals surface area contributed by atoms with Crippen molar-refractivity contribution in [1.29, 1.82) is 0 Å². The molecular weight excluding hydrogens is 444 g/mol. The maximum atomic E-state index is 14.0. The molecule has 34 heavy (non-hydrogen) atoms. The average Bonchev–Trinajstić information content (AvgIpc) is 3.47. The highest BCUT2D eigenvalue weighted by Crippen LogP contribution is 2.39. The van der Waals surface area contributed by atoms with Gasteiger partial charge in [-0.05, 0) is 55.7 Å². The molecule has 178 valence electrons. The standard InChI is InChI=1S/C24H25F2N5O3/c25-24(26)10-13-30(15-24)22-21(28-23(33)16-4-6-17(32)7-5-16)18(8-11-27-22)19-9-12-31(29-19)20-3-1-2-14-34-20/h4-9,11-12,20,32H,1-3,10,13-15H2,(H,28,33). The van der Waals surface area contributed by atoms with Gasteiger partial charge in [-0.25, -0.2) is 18.4 Å². The number of alkyl halides is 2. The lowest BCUT2D eigenvalue weighted by Gasteiger charge is -2.23. The highest BCUT2D eigenvalue weighted by molar-refractivity contribution is 6.08. The molecule has 1 atom stereocenters. The number of aromatic hydroxyl groups is 1. The first-order chi connectivity index (χ1) is 16.4. The Kier molecular flexibility index (Phi) is 5.91. The normalized spacial score (nSPS) is 19.8. The van der Waals surface area contributed by atoms with Gasteiger partial charge in [-0.2, -0.15) is 5.10 Å². The van der Waals surface area contributed by atoms with Crippen LogP contribution in [0.2, 0.25) is 0 Å². The summed E-state index contributed by atoms with van der Waals surface area (Å²) in [6, 6.07) is 9.31. The third-order valence-electron chi connectivity index (χ3n) is 6.10. The Bertz CT molecular complexity index is 1180. The number of phenolic OH excluding ortho intramolecular Hbond substituents is 1. The lowest BCUT2D eigenvalue weighted by Crippen LogP contribution is -2.27. The lowest BCUT2D eigenvalue weighted by molar-refractivity contribution is -0.0393. The molecule has 8 nitrogen and oxygen atoms in total. The highest BCUT2D eigenvalue weighted by Gasteiger charge is 2.40. The van der Waals surface area contributed by atoms with Crippen LogP contribution in [0, 0.1) is 0 Å². The number of hydrogen-bond acceptors (Lipinski definition) is 6. The minimum absolute atomic E-state index is 0.0362. The van der Waals surface area contributed by atoms with Crippen molar-refractivity contribution in [2.45, 2.75) is 37.8 Å². The summed E-state index contributed by atoms with van der Waals surface area (Å²) in [7, 11) is 0. The quantitative estimate of drug-likeness (QED) is 0.574. The van der Waals surface area contributed by atoms with Gasteiger partial charge in [-0.1, -0.05) is 0 Å². The van der Waals surface area contributed by atoms with E-state index in [0.29, 0.717) is 29.1 Å². The number of hydrogen-bond donors (Lipinski definition) is 2. The van der Waals surface area contributed by atoms with Crippen LogP contribution in [0.25, 0.3) is 11.3 Å². The second kappa shape index (κ2) is 9.02. The SMILES string of the molecule is O=C(Nc1c(-c2ccn(C3CCCCO3)n2)ccnc1N1CCC(F)(F)C1)c1ccc(O)cc1. The van der Waals surface area contributed by atoms with Crippen molar-refractivity contribution in [3.8, 4) is 17.0 Å². The number of ether oxygens (including phenoxy) is 1. The van der Waals surface area contributed by atoms with Gasteiger partial charge in [-0.15, -0.1) is 0 Å². The zero-order valence-corrected chi connectivity index (χ0v) is 18.5. The van der Waals surface area contributed by atoms with Gasteiger partial charge in [0.2, 0.25) is 0 Å². The van der Waals surface area contributed by atoms with E-state index in [1.165, 1.54) is 35.4 Å². The zero-order chi connectivity index (χ0) is 23.7. The first kappa shape index (κ1) is 22.3. The number of rotatable bonds is 5. The summed E-state index contributed by atoms with van der Waals surface area (Å²) in [6.07, 6.45) is 5.85. The van der Waals surface area contributed by atoms with E-state index >= 15 is 0 Å². The van der Waals surface area contributed by atoms with Gasteiger partial charge in [0.05, 0.1) is 17.9 Å². The molecule has 4 heterocycles. The molecule has 2 N–H and O–H groups in total. The first-order valence-corrected chi connectivity index (χ1v) is 11.3. The third kappa shape index (κ3) is 4.58. The van der Waals surface area contributed by atoms with Crippen molar-refractivity contribution in [3.05, 3.63) is 54.4 Å². The maximum Gasteiger partial charge on any atom is 0.266 e. The second-order valence-corrected chi connectivity index (χ2v) is 8.59. The third-order valence-corrected chi connectivity index (χ3v) is 6.10. The minimum atomic E-state index is -2.82. The van der Waals surface area contributed by atoms with E-state index in [1.54, 1.807) is 10.7 Å². The van der Waals surface area contributed by atoms with E-state index in [-0.39, 0.29) is 30.8 Å². The number of nitrogens with one attached hydrogen (secondary N) is 1. The molecule has 3 aromatic rings. The number of amides is 1. The smallest absolute Gasteiger partial charge is 0.266 e. The molecule has 0 radical (unpaired) electrons. The average molecular weight is 469 g/mol. The van der Waals surface area contributed by atoms with E-state index < -0.39 is 18.4 Å². The van der Waals surface area contributed by atoms with Crippen LogP contribution in [-0.4, -0.2) is 51.4 Å². The van der Waals surface area contributed by atoms with Crippen molar-refractivity contribution < 1.29 is 23.4 Å². The van der Waals surface area contributed by atoms with Crippen LogP contribution >= 0.6 is 0 Å². The van der Waals surface area contributed by atoms with E-state index in [1.807, 2.05) is 12.3 Å². The van der Waals surface area contributed by atoms with Crippen LogP contribution in [0.3, 0.4) is 0 Å². The molecule has 0 aliphatic carbocycles. The fourth-order valence-corrected chi connectivity index (χ4v) is 4.32. The summed E-state index contributed by atoms with van der Waals surface area (Å²) < 4.78 is 35.6. The van der Waals surface area contributed by atoms with Gasteiger partial charge in [0.15, 0.2) is 5.82 Å². The lowest BCUT2D eigenvalue weighted by atomic mass is 10.1. The Morgan fingerprint density at radius 1 is 1.18 bits per heavy atom. The van der Waals surface area contributed by atoms with Crippen molar-refractivity contribution in [2.24, 2.45) is 0 Å². The minimum Gasteiger partial charge on any atom is -0.508 e. The monoisotopic (exact) mass is 469 g/mol. The van der Waals surface area contributed by atoms with Crippen LogP contribution in [0.4, 0.5) is 20.3 Å². The van der Waals surface area contributed by atoms with E-state index in [2.05, 4.69) is 15.4 Å². The molecule has 2 aliphatic heterocycles. The summed E-state index contributed by atoms with van der Waals surface area (Å²) in [5.41, 5.74) is 1.77. The first-order valence-electron chi connectivity index (χ1n) is 11.3. The van der Waals surface area contributed by atoms with Crippen molar-refractivity contribution in [3.63, 3.8) is 0 Å². The second-order valence-electron chi connectivity index (χ2n) is 8.59. The summed E-state index contributed by atoms with van der Waals surface area (Å²) in [5.74, 6) is -2.97. The summed E-state index contributed by atoms with van der Waals surface area (Å²) in [6.45, 7) is 0.322. The van der Waals surface area contributed by atoms with Crippen molar-refractivity contribution in [2.75, 3.05) is 29.9 Å². The van der Waals surface area contributed by atoms with Gasteiger partial charge in [0, 0.05) is 43.1 Å². The topological polar surface area (TPSA) is 92.5 Å². The van der Waals surface area contributed by atoms with Crippen LogP contribution in [0.1, 0.15) is 42.3 Å². The Balaban J connectivity index is 1.52. The number of halogens is 2. The summed E-state index contributed by atoms with van der Waals surface area (Å²) in [5, 5.41) is 17.0. The molecule has 10 heteroatoms. The summed E-state index contributed by atoms with van der Waals surface area (Å²) >= 11 is 0. The van der Waals surface area contributed by atoms with Crippen molar-refractivity contribution in [1.82, 2.24) is 14.8 Å². The number of nitrogens with zero attached hydrogens (tertiary/aromatic N) is 4. The largest absolute Gasteiger partial charge is 0.508 e. The summed E-state index contributed by atoms with van der Waals surface area (Å²) in [4.78, 5) is 18.9. The molecule has 2 aromatic heterocycles. The predicted molar refractivity (Wildman–Crippen MR) is 122 cm³/mol. The number of carbonyl (C=O) groups excluding carboxylic acids is 1. The molecule has 0 spiro atoms. The van der Waals surface area contributed by atoms with Crippen LogP contribution in [0.5, 0.6) is 5.75 Å². The maximum absolute atomic E-state index is 14.0. The molecule has 0 bridgehead atoms. The zero-order valence-electron chi connectivity index (χ0n) is 18.5. The molecule has 2 aliphatic rings. The number of phenols is 1. The Morgan fingerprint density at radius 2 is 2.00 bits per heavy atom. The number of carbonyl (C=O) groups is 1. The molecular formula is C24H25F2N5O3. The van der Waals surface area contributed by atoms with E-state index in [4.69, 9.17) is 4.74 Å². The Hall–Kier alpha value is -3.53. The van der Waals surface area contributed by atoms with Crippen LogP contribution < -0.4 is 10.2 Å². The van der Waals surface area contributed by atoms with Gasteiger partial charge in [0.25, 0.3) is 11.8 Å². The number of pyridine rings is 1. The van der Waals surface area contributed by atoms with E-state index in [0.717, 1.165) is 19.3 Å². The van der Waals surface area contributed by atoms with Gasteiger partial charge in [-0.3, -0.25) is 4.79 Å². The molecule has 1 amide bonds. The Labute approximate surface area is 195 Å². The number of benzene rings is 1. The predicted octanol–water partition coefficient (Wildman–Crippen LogP) is 4.45. The Morgan fingerprint density at radius 3 is 2.71 bits per heavy atom. The van der Waals surface area contributed by atoms with Gasteiger partial charge < -0.3 is 20.1 Å². The molecule has 1 aromatic carbocycles. The fourth-order valence-electron chi connectivity index (χ4n) is 4.32. The van der Waals surface area contributed by atoms with Crippen LogP contribution in [0.15, 0.2) is 48.8 Å². The van der Waals surface area contributed by atoms with Gasteiger partial charge >= 0.3 is 0 Å². The van der Waals surface area contributed by atoms with E-state index in [9.17, 15) is 18.7 Å².